The van der Waals surface area contributed by atoms with Gasteiger partial charge in [0.1, 0.15) is 5.75 Å². The lowest BCUT2D eigenvalue weighted by Crippen LogP contribution is -2.28. The summed E-state index contributed by atoms with van der Waals surface area (Å²) >= 11 is 0. The van der Waals surface area contributed by atoms with E-state index in [-0.39, 0.29) is 0 Å². The first kappa shape index (κ1) is 12.7. The fourth-order valence-corrected chi connectivity index (χ4v) is 2.18. The van der Waals surface area contributed by atoms with E-state index >= 15 is 0 Å². The lowest BCUT2D eigenvalue weighted by molar-refractivity contribution is 0.0697. The second-order valence-corrected chi connectivity index (χ2v) is 4.61. The van der Waals surface area contributed by atoms with E-state index in [2.05, 4.69) is 11.8 Å². The molecule has 0 atom stereocenters. The van der Waals surface area contributed by atoms with Crippen LogP contribution >= 0.6 is 0 Å². The molecule has 0 saturated heterocycles. The van der Waals surface area contributed by atoms with E-state index in [4.69, 9.17) is 4.74 Å². The average Bonchev–Trinajstić information content (AvgIpc) is 3.19. The predicted molar refractivity (Wildman–Crippen MR) is 70.6 cm³/mol. The molecule has 1 aliphatic rings. The summed E-state index contributed by atoms with van der Waals surface area (Å²) in [6.07, 6.45) is 3.30. The molecule has 0 spiro atoms. The lowest BCUT2D eigenvalue weighted by Gasteiger charge is -2.26. The van der Waals surface area contributed by atoms with Crippen LogP contribution in [-0.4, -0.2) is 30.8 Å². The van der Waals surface area contributed by atoms with Crippen molar-refractivity contribution >= 4 is 11.7 Å². The molecule has 1 N–H and O–H groups in total. The van der Waals surface area contributed by atoms with Crippen LogP contribution in [0.4, 0.5) is 5.69 Å². The van der Waals surface area contributed by atoms with E-state index in [1.165, 1.54) is 0 Å². The molecule has 98 valence electrons. The second kappa shape index (κ2) is 5.29. The van der Waals surface area contributed by atoms with Crippen molar-refractivity contribution in [3.63, 3.8) is 0 Å². The van der Waals surface area contributed by atoms with E-state index in [0.717, 1.165) is 31.5 Å². The molecular weight excluding hydrogens is 230 g/mol. The maximum atomic E-state index is 11.3. The smallest absolute Gasteiger partial charge is 0.337 e. The molecule has 1 saturated carbocycles. The molecule has 0 aromatic heterocycles. The maximum Gasteiger partial charge on any atom is 0.337 e. The number of carbonyl (C=O) groups is 1. The highest BCUT2D eigenvalue weighted by Crippen LogP contribution is 2.35. The SMILES string of the molecule is CCCN(c1cc(OC)ccc1C(=O)O)C1CC1. The van der Waals surface area contributed by atoms with Gasteiger partial charge < -0.3 is 14.7 Å². The maximum absolute atomic E-state index is 11.3. The number of methoxy groups -OCH3 is 1. The van der Waals surface area contributed by atoms with Gasteiger partial charge in [0.25, 0.3) is 0 Å². The summed E-state index contributed by atoms with van der Waals surface area (Å²) in [5.74, 6) is -0.175. The number of anilines is 1. The van der Waals surface area contributed by atoms with Crippen molar-refractivity contribution in [2.45, 2.75) is 32.2 Å². The van der Waals surface area contributed by atoms with Gasteiger partial charge in [0.05, 0.1) is 18.4 Å². The van der Waals surface area contributed by atoms with Gasteiger partial charge >= 0.3 is 5.97 Å². The minimum atomic E-state index is -0.880. The molecule has 4 nitrogen and oxygen atoms in total. The van der Waals surface area contributed by atoms with E-state index in [9.17, 15) is 9.90 Å². The molecule has 0 amide bonds. The van der Waals surface area contributed by atoms with Crippen LogP contribution in [0, 0.1) is 0 Å². The number of ether oxygens (including phenoxy) is 1. The third-order valence-corrected chi connectivity index (χ3v) is 3.20. The zero-order valence-electron chi connectivity index (χ0n) is 10.8. The minimum Gasteiger partial charge on any atom is -0.497 e. The van der Waals surface area contributed by atoms with Gasteiger partial charge in [0.15, 0.2) is 0 Å². The van der Waals surface area contributed by atoms with Crippen molar-refractivity contribution in [2.24, 2.45) is 0 Å². The highest BCUT2D eigenvalue weighted by atomic mass is 16.5. The zero-order chi connectivity index (χ0) is 13.1. The normalized spacial score (nSPS) is 14.3. The highest BCUT2D eigenvalue weighted by molar-refractivity contribution is 5.95. The highest BCUT2D eigenvalue weighted by Gasteiger charge is 2.31. The van der Waals surface area contributed by atoms with Crippen molar-refractivity contribution in [1.29, 1.82) is 0 Å². The van der Waals surface area contributed by atoms with Gasteiger partial charge in [-0.25, -0.2) is 4.79 Å². The molecule has 0 aliphatic heterocycles. The molecule has 1 fully saturated rings. The Hall–Kier alpha value is -1.71. The molecule has 1 aromatic carbocycles. The van der Waals surface area contributed by atoms with Crippen LogP contribution in [0.5, 0.6) is 5.75 Å². The monoisotopic (exact) mass is 249 g/mol. The van der Waals surface area contributed by atoms with Gasteiger partial charge in [-0.1, -0.05) is 6.92 Å². The number of carboxylic acids is 1. The lowest BCUT2D eigenvalue weighted by atomic mass is 10.1. The Labute approximate surface area is 107 Å². The molecule has 0 unspecified atom stereocenters. The number of benzene rings is 1. The predicted octanol–water partition coefficient (Wildman–Crippen LogP) is 2.77. The Bertz CT molecular complexity index is 441. The number of carboxylic acid groups (broad SMARTS) is 1. The first-order valence-electron chi connectivity index (χ1n) is 6.35. The van der Waals surface area contributed by atoms with E-state index < -0.39 is 5.97 Å². The zero-order valence-corrected chi connectivity index (χ0v) is 10.8. The summed E-state index contributed by atoms with van der Waals surface area (Å²) in [4.78, 5) is 13.5. The Morgan fingerprint density at radius 1 is 1.50 bits per heavy atom. The van der Waals surface area contributed by atoms with Crippen LogP contribution in [0.15, 0.2) is 18.2 Å². The molecule has 4 heteroatoms. The van der Waals surface area contributed by atoms with Gasteiger partial charge in [0.2, 0.25) is 0 Å². The quantitative estimate of drug-likeness (QED) is 0.842. The van der Waals surface area contributed by atoms with Gasteiger partial charge in [-0.15, -0.1) is 0 Å². The summed E-state index contributed by atoms with van der Waals surface area (Å²) in [5, 5.41) is 9.28. The molecule has 0 heterocycles. The Morgan fingerprint density at radius 2 is 2.22 bits per heavy atom. The fourth-order valence-electron chi connectivity index (χ4n) is 2.18. The van der Waals surface area contributed by atoms with Gasteiger partial charge in [0, 0.05) is 18.7 Å². The van der Waals surface area contributed by atoms with E-state index in [1.54, 1.807) is 19.2 Å². The van der Waals surface area contributed by atoms with Crippen LogP contribution in [0.2, 0.25) is 0 Å². The van der Waals surface area contributed by atoms with Gasteiger partial charge in [-0.2, -0.15) is 0 Å². The molecule has 1 aliphatic carbocycles. The minimum absolute atomic E-state index is 0.358. The molecule has 1 aromatic rings. The van der Waals surface area contributed by atoms with Gasteiger partial charge in [-0.3, -0.25) is 0 Å². The standard InChI is InChI=1S/C14H19NO3/c1-3-8-15(10-4-5-10)13-9-11(18-2)6-7-12(13)14(16)17/h6-7,9-10H,3-5,8H2,1-2H3,(H,16,17). The summed E-state index contributed by atoms with van der Waals surface area (Å²) in [6.45, 7) is 2.99. The molecule has 0 bridgehead atoms. The Balaban J connectivity index is 2.40. The van der Waals surface area contributed by atoms with Crippen molar-refractivity contribution in [3.05, 3.63) is 23.8 Å². The van der Waals surface area contributed by atoms with Crippen molar-refractivity contribution in [2.75, 3.05) is 18.6 Å². The van der Waals surface area contributed by atoms with E-state index in [0.29, 0.717) is 17.4 Å². The van der Waals surface area contributed by atoms with Crippen LogP contribution in [0.3, 0.4) is 0 Å². The molecule has 2 rings (SSSR count). The van der Waals surface area contributed by atoms with E-state index in [1.807, 2.05) is 6.07 Å². The number of rotatable bonds is 6. The summed E-state index contributed by atoms with van der Waals surface area (Å²) in [7, 11) is 1.60. The van der Waals surface area contributed by atoms with Crippen molar-refractivity contribution in [3.8, 4) is 5.75 Å². The fraction of sp³-hybridized carbons (Fsp3) is 0.500. The Morgan fingerprint density at radius 3 is 2.72 bits per heavy atom. The van der Waals surface area contributed by atoms with Crippen molar-refractivity contribution in [1.82, 2.24) is 0 Å². The summed E-state index contributed by atoms with van der Waals surface area (Å²) in [6, 6.07) is 5.65. The first-order valence-corrected chi connectivity index (χ1v) is 6.35. The van der Waals surface area contributed by atoms with Crippen LogP contribution < -0.4 is 9.64 Å². The van der Waals surface area contributed by atoms with Crippen LogP contribution in [0.1, 0.15) is 36.5 Å². The number of hydrogen-bond acceptors (Lipinski definition) is 3. The van der Waals surface area contributed by atoms with Gasteiger partial charge in [-0.05, 0) is 31.4 Å². The topological polar surface area (TPSA) is 49.8 Å². The average molecular weight is 249 g/mol. The summed E-state index contributed by atoms with van der Waals surface area (Å²) in [5.41, 5.74) is 1.14. The molecule has 18 heavy (non-hydrogen) atoms. The molecular formula is C14H19NO3. The van der Waals surface area contributed by atoms with Crippen LogP contribution in [0.25, 0.3) is 0 Å². The number of nitrogens with zero attached hydrogens (tertiary/aromatic N) is 1. The second-order valence-electron chi connectivity index (χ2n) is 4.61. The third-order valence-electron chi connectivity index (χ3n) is 3.20. The Kier molecular flexibility index (Phi) is 3.75. The first-order chi connectivity index (χ1) is 8.67. The number of aromatic carboxylic acids is 1. The molecule has 0 radical (unpaired) electrons. The third kappa shape index (κ3) is 2.58. The van der Waals surface area contributed by atoms with Crippen molar-refractivity contribution < 1.29 is 14.6 Å². The largest absolute Gasteiger partial charge is 0.497 e. The number of hydrogen-bond donors (Lipinski definition) is 1. The summed E-state index contributed by atoms with van der Waals surface area (Å²) < 4.78 is 5.20. The van der Waals surface area contributed by atoms with Crippen LogP contribution in [-0.2, 0) is 0 Å².